The third-order valence-corrected chi connectivity index (χ3v) is 4.01. The fraction of sp³-hybridized carbons (Fsp3) is 0.312. The highest BCUT2D eigenvalue weighted by molar-refractivity contribution is 6.31. The van der Waals surface area contributed by atoms with E-state index < -0.39 is 0 Å². The molecule has 1 saturated carbocycles. The van der Waals surface area contributed by atoms with E-state index in [2.05, 4.69) is 10.3 Å². The van der Waals surface area contributed by atoms with E-state index in [1.807, 2.05) is 25.1 Å². The molecule has 1 heterocycles. The highest BCUT2D eigenvalue weighted by Gasteiger charge is 2.20. The van der Waals surface area contributed by atoms with E-state index >= 15 is 0 Å². The van der Waals surface area contributed by atoms with Crippen molar-refractivity contribution < 1.29 is 4.74 Å². The smallest absolute Gasteiger partial charge is 0.219 e. The van der Waals surface area contributed by atoms with Gasteiger partial charge in [0, 0.05) is 29.9 Å². The number of ether oxygens (including phenoxy) is 1. The molecule has 0 unspecified atom stereocenters. The van der Waals surface area contributed by atoms with Crippen molar-refractivity contribution in [2.75, 3.05) is 0 Å². The maximum absolute atomic E-state index is 6.18. The number of rotatable bonds is 5. The van der Waals surface area contributed by atoms with Crippen LogP contribution < -0.4 is 10.1 Å². The van der Waals surface area contributed by atoms with Gasteiger partial charge in [-0.25, -0.2) is 4.98 Å². The third kappa shape index (κ3) is 3.88. The molecular weight excluding hydrogens is 307 g/mol. The molecule has 0 bridgehead atoms. The summed E-state index contributed by atoms with van der Waals surface area (Å²) >= 11 is 12.2. The average molecular weight is 323 g/mol. The van der Waals surface area contributed by atoms with Crippen LogP contribution in [0.15, 0.2) is 30.5 Å². The minimum Gasteiger partial charge on any atom is -0.439 e. The van der Waals surface area contributed by atoms with Crippen LogP contribution in [0.5, 0.6) is 11.6 Å². The lowest BCUT2D eigenvalue weighted by Gasteiger charge is -2.11. The van der Waals surface area contributed by atoms with Gasteiger partial charge in [-0.1, -0.05) is 29.3 Å². The van der Waals surface area contributed by atoms with Crippen LogP contribution in [0.1, 0.15) is 24.0 Å². The van der Waals surface area contributed by atoms with Crippen molar-refractivity contribution in [1.82, 2.24) is 10.3 Å². The normalized spacial score (nSPS) is 14.2. The van der Waals surface area contributed by atoms with Gasteiger partial charge in [-0.2, -0.15) is 0 Å². The molecule has 0 spiro atoms. The molecule has 1 aromatic heterocycles. The SMILES string of the molecule is Cc1ccc(Cl)cc1Oc1cc(CNC2CC2)c(Cl)cn1. The van der Waals surface area contributed by atoms with Crippen LogP contribution in [0.4, 0.5) is 0 Å². The molecule has 1 N–H and O–H groups in total. The predicted molar refractivity (Wildman–Crippen MR) is 85.4 cm³/mol. The summed E-state index contributed by atoms with van der Waals surface area (Å²) in [7, 11) is 0. The van der Waals surface area contributed by atoms with Gasteiger partial charge < -0.3 is 10.1 Å². The Bertz CT molecular complexity index is 657. The molecular formula is C16H16Cl2N2O. The molecule has 1 aliphatic carbocycles. The summed E-state index contributed by atoms with van der Waals surface area (Å²) in [4.78, 5) is 4.22. The molecule has 0 amide bonds. The molecule has 0 saturated heterocycles. The number of nitrogens with one attached hydrogen (secondary N) is 1. The summed E-state index contributed by atoms with van der Waals surface area (Å²) in [6.07, 6.45) is 4.11. The minimum atomic E-state index is 0.525. The molecule has 0 atom stereocenters. The molecule has 5 heteroatoms. The van der Waals surface area contributed by atoms with Crippen molar-refractivity contribution in [1.29, 1.82) is 0 Å². The van der Waals surface area contributed by atoms with Crippen LogP contribution in [0.3, 0.4) is 0 Å². The van der Waals surface area contributed by atoms with Crippen molar-refractivity contribution in [2.24, 2.45) is 0 Å². The number of hydrogen-bond acceptors (Lipinski definition) is 3. The first kappa shape index (κ1) is 14.6. The zero-order chi connectivity index (χ0) is 14.8. The second-order valence-electron chi connectivity index (χ2n) is 5.28. The highest BCUT2D eigenvalue weighted by atomic mass is 35.5. The number of benzene rings is 1. The molecule has 1 aliphatic rings. The van der Waals surface area contributed by atoms with Crippen molar-refractivity contribution in [3.8, 4) is 11.6 Å². The van der Waals surface area contributed by atoms with E-state index in [0.717, 1.165) is 17.7 Å². The van der Waals surface area contributed by atoms with Crippen molar-refractivity contribution in [3.05, 3.63) is 51.6 Å². The van der Waals surface area contributed by atoms with Gasteiger partial charge in [0.25, 0.3) is 0 Å². The number of nitrogens with zero attached hydrogens (tertiary/aromatic N) is 1. The Hall–Kier alpha value is -1.29. The van der Waals surface area contributed by atoms with Crippen LogP contribution in [-0.4, -0.2) is 11.0 Å². The van der Waals surface area contributed by atoms with Gasteiger partial charge in [0.05, 0.1) is 5.02 Å². The highest BCUT2D eigenvalue weighted by Crippen LogP contribution is 2.29. The van der Waals surface area contributed by atoms with E-state index in [-0.39, 0.29) is 0 Å². The number of aryl methyl sites for hydroxylation is 1. The zero-order valence-corrected chi connectivity index (χ0v) is 13.2. The molecule has 21 heavy (non-hydrogen) atoms. The van der Waals surface area contributed by atoms with Crippen LogP contribution in [0.25, 0.3) is 0 Å². The van der Waals surface area contributed by atoms with Gasteiger partial charge in [0.2, 0.25) is 5.88 Å². The monoisotopic (exact) mass is 322 g/mol. The first-order chi connectivity index (χ1) is 10.1. The van der Waals surface area contributed by atoms with Gasteiger partial charge in [-0.15, -0.1) is 0 Å². The van der Waals surface area contributed by atoms with Crippen LogP contribution in [-0.2, 0) is 6.54 Å². The summed E-state index contributed by atoms with van der Waals surface area (Å²) in [6.45, 7) is 2.70. The Balaban J connectivity index is 1.78. The molecule has 3 nitrogen and oxygen atoms in total. The summed E-state index contributed by atoms with van der Waals surface area (Å²) in [6, 6.07) is 8.05. The molecule has 0 aliphatic heterocycles. The lowest BCUT2D eigenvalue weighted by atomic mass is 10.2. The van der Waals surface area contributed by atoms with E-state index in [4.69, 9.17) is 27.9 Å². The van der Waals surface area contributed by atoms with E-state index in [1.54, 1.807) is 12.3 Å². The number of aromatic nitrogens is 1. The zero-order valence-electron chi connectivity index (χ0n) is 11.7. The standard InChI is InChI=1S/C16H16Cl2N2O/c1-10-2-3-12(17)7-15(10)21-16-6-11(14(18)9-20-16)8-19-13-4-5-13/h2-3,6-7,9,13,19H,4-5,8H2,1H3. The van der Waals surface area contributed by atoms with Crippen molar-refractivity contribution in [2.45, 2.75) is 32.4 Å². The second kappa shape index (κ2) is 6.22. The Morgan fingerprint density at radius 1 is 1.29 bits per heavy atom. The predicted octanol–water partition coefficient (Wildman–Crippen LogP) is 4.74. The quantitative estimate of drug-likeness (QED) is 0.863. The first-order valence-corrected chi connectivity index (χ1v) is 7.69. The van der Waals surface area contributed by atoms with Crippen LogP contribution in [0, 0.1) is 6.92 Å². The largest absolute Gasteiger partial charge is 0.439 e. The lowest BCUT2D eigenvalue weighted by molar-refractivity contribution is 0.458. The number of pyridine rings is 1. The maximum Gasteiger partial charge on any atom is 0.219 e. The van der Waals surface area contributed by atoms with Gasteiger partial charge >= 0.3 is 0 Å². The lowest BCUT2D eigenvalue weighted by Crippen LogP contribution is -2.15. The van der Waals surface area contributed by atoms with E-state index in [0.29, 0.717) is 27.7 Å². The molecule has 1 aromatic carbocycles. The Morgan fingerprint density at radius 3 is 2.86 bits per heavy atom. The third-order valence-electron chi connectivity index (χ3n) is 3.43. The number of halogens is 2. The molecule has 3 rings (SSSR count). The Morgan fingerprint density at radius 2 is 2.10 bits per heavy atom. The van der Waals surface area contributed by atoms with Crippen LogP contribution in [0.2, 0.25) is 10.0 Å². The minimum absolute atomic E-state index is 0.525. The van der Waals surface area contributed by atoms with Gasteiger partial charge in [-0.05, 0) is 43.0 Å². The summed E-state index contributed by atoms with van der Waals surface area (Å²) in [5.41, 5.74) is 2.00. The Kier molecular flexibility index (Phi) is 4.34. The molecule has 1 fully saturated rings. The average Bonchev–Trinajstić information content (AvgIpc) is 3.27. The van der Waals surface area contributed by atoms with Crippen molar-refractivity contribution in [3.63, 3.8) is 0 Å². The maximum atomic E-state index is 6.18. The summed E-state index contributed by atoms with van der Waals surface area (Å²) in [5.74, 6) is 1.23. The summed E-state index contributed by atoms with van der Waals surface area (Å²) in [5, 5.41) is 4.73. The van der Waals surface area contributed by atoms with E-state index in [1.165, 1.54) is 12.8 Å². The van der Waals surface area contributed by atoms with Gasteiger partial charge in [-0.3, -0.25) is 0 Å². The summed E-state index contributed by atoms with van der Waals surface area (Å²) < 4.78 is 5.83. The van der Waals surface area contributed by atoms with Crippen molar-refractivity contribution >= 4 is 23.2 Å². The van der Waals surface area contributed by atoms with Gasteiger partial charge in [0.15, 0.2) is 0 Å². The second-order valence-corrected chi connectivity index (χ2v) is 6.12. The van der Waals surface area contributed by atoms with Gasteiger partial charge in [0.1, 0.15) is 5.75 Å². The molecule has 2 aromatic rings. The first-order valence-electron chi connectivity index (χ1n) is 6.93. The molecule has 110 valence electrons. The van der Waals surface area contributed by atoms with E-state index in [9.17, 15) is 0 Å². The fourth-order valence-electron chi connectivity index (χ4n) is 1.99. The number of hydrogen-bond donors (Lipinski definition) is 1. The molecule has 0 radical (unpaired) electrons. The fourth-order valence-corrected chi connectivity index (χ4v) is 2.32. The Labute approximate surface area is 134 Å². The van der Waals surface area contributed by atoms with Crippen LogP contribution >= 0.6 is 23.2 Å². The topological polar surface area (TPSA) is 34.1 Å².